The number of piperidine rings is 1. The third-order valence-corrected chi connectivity index (χ3v) is 3.84. The van der Waals surface area contributed by atoms with E-state index in [2.05, 4.69) is 5.32 Å². The zero-order valence-corrected chi connectivity index (χ0v) is 9.50. The number of fused-ring (bicyclic) bond motifs is 1. The molecule has 2 aliphatic rings. The second-order valence-electron chi connectivity index (χ2n) is 4.73. The van der Waals surface area contributed by atoms with Gasteiger partial charge < -0.3 is 10.1 Å². The first-order valence-corrected chi connectivity index (χ1v) is 6.20. The number of carbonyl (C=O) groups is 1. The Morgan fingerprint density at radius 1 is 1.33 bits per heavy atom. The number of rotatable bonds is 2. The third-order valence-electron chi connectivity index (χ3n) is 3.84. The van der Waals surface area contributed by atoms with Crippen LogP contribution in [0.15, 0.2) is 0 Å². The third kappa shape index (κ3) is 2.33. The largest absolute Gasteiger partial charge is 0.466 e. The summed E-state index contributed by atoms with van der Waals surface area (Å²) in [6.45, 7) is 4.31. The average molecular weight is 211 g/mol. The summed E-state index contributed by atoms with van der Waals surface area (Å²) in [5.41, 5.74) is 0. The second-order valence-corrected chi connectivity index (χ2v) is 4.73. The molecule has 1 N–H and O–H groups in total. The molecule has 2 rings (SSSR count). The fraction of sp³-hybridized carbons (Fsp3) is 0.917. The van der Waals surface area contributed by atoms with Crippen LogP contribution in [0.3, 0.4) is 0 Å². The minimum atomic E-state index is 0.0154. The van der Waals surface area contributed by atoms with Gasteiger partial charge in [0.25, 0.3) is 0 Å². The molecule has 0 unspecified atom stereocenters. The van der Waals surface area contributed by atoms with Gasteiger partial charge in [0, 0.05) is 6.54 Å². The molecule has 0 aromatic carbocycles. The summed E-state index contributed by atoms with van der Waals surface area (Å²) >= 11 is 0. The molecule has 0 aromatic rings. The SMILES string of the molecule is CCOC(=O)[C@@H]1CNC[C@@H]2CCCC[C@H]21. The second kappa shape index (κ2) is 4.97. The van der Waals surface area contributed by atoms with Crippen LogP contribution in [0.25, 0.3) is 0 Å². The zero-order chi connectivity index (χ0) is 10.7. The fourth-order valence-corrected chi connectivity index (χ4v) is 3.10. The lowest BCUT2D eigenvalue weighted by molar-refractivity contribution is -0.152. The number of ether oxygens (including phenoxy) is 1. The first-order valence-electron chi connectivity index (χ1n) is 6.20. The van der Waals surface area contributed by atoms with Crippen LogP contribution in [0.2, 0.25) is 0 Å². The molecule has 3 nitrogen and oxygen atoms in total. The number of hydrogen-bond donors (Lipinski definition) is 1. The van der Waals surface area contributed by atoms with Crippen LogP contribution in [0.4, 0.5) is 0 Å². The summed E-state index contributed by atoms with van der Waals surface area (Å²) in [6.07, 6.45) is 5.12. The Bertz CT molecular complexity index is 228. The van der Waals surface area contributed by atoms with E-state index in [0.29, 0.717) is 18.4 Å². The van der Waals surface area contributed by atoms with Gasteiger partial charge in [0.15, 0.2) is 0 Å². The van der Waals surface area contributed by atoms with Crippen molar-refractivity contribution in [3.63, 3.8) is 0 Å². The average Bonchev–Trinajstić information content (AvgIpc) is 2.28. The van der Waals surface area contributed by atoms with Gasteiger partial charge in [0.1, 0.15) is 0 Å². The number of nitrogens with one attached hydrogen (secondary N) is 1. The van der Waals surface area contributed by atoms with Crippen LogP contribution < -0.4 is 5.32 Å². The minimum Gasteiger partial charge on any atom is -0.466 e. The highest BCUT2D eigenvalue weighted by Gasteiger charge is 2.39. The Hall–Kier alpha value is -0.570. The molecule has 0 radical (unpaired) electrons. The van der Waals surface area contributed by atoms with E-state index in [1.165, 1.54) is 25.7 Å². The molecule has 1 heterocycles. The van der Waals surface area contributed by atoms with E-state index in [0.717, 1.165) is 13.1 Å². The molecule has 1 saturated heterocycles. The summed E-state index contributed by atoms with van der Waals surface area (Å²) < 4.78 is 5.15. The summed E-state index contributed by atoms with van der Waals surface area (Å²) in [5.74, 6) is 1.42. The zero-order valence-electron chi connectivity index (χ0n) is 9.50. The number of hydrogen-bond acceptors (Lipinski definition) is 3. The highest BCUT2D eigenvalue weighted by Crippen LogP contribution is 2.37. The Labute approximate surface area is 91.6 Å². The van der Waals surface area contributed by atoms with Gasteiger partial charge in [-0.25, -0.2) is 0 Å². The predicted molar refractivity (Wildman–Crippen MR) is 58.4 cm³/mol. The van der Waals surface area contributed by atoms with Crippen LogP contribution in [-0.4, -0.2) is 25.7 Å². The minimum absolute atomic E-state index is 0.0154. The van der Waals surface area contributed by atoms with Crippen LogP contribution in [0, 0.1) is 17.8 Å². The number of carbonyl (C=O) groups excluding carboxylic acids is 1. The maximum Gasteiger partial charge on any atom is 0.310 e. The van der Waals surface area contributed by atoms with E-state index < -0.39 is 0 Å². The van der Waals surface area contributed by atoms with Crippen molar-refractivity contribution in [2.45, 2.75) is 32.6 Å². The van der Waals surface area contributed by atoms with Gasteiger partial charge in [-0.2, -0.15) is 0 Å². The molecule has 1 saturated carbocycles. The molecule has 0 amide bonds. The molecule has 3 atom stereocenters. The van der Waals surface area contributed by atoms with Crippen molar-refractivity contribution in [3.8, 4) is 0 Å². The monoisotopic (exact) mass is 211 g/mol. The Morgan fingerprint density at radius 2 is 2.13 bits per heavy atom. The summed E-state index contributed by atoms with van der Waals surface area (Å²) in [4.78, 5) is 11.8. The van der Waals surface area contributed by atoms with E-state index >= 15 is 0 Å². The van der Waals surface area contributed by atoms with Gasteiger partial charge >= 0.3 is 5.97 Å². The quantitative estimate of drug-likeness (QED) is 0.705. The Morgan fingerprint density at radius 3 is 2.93 bits per heavy atom. The molecule has 0 aromatic heterocycles. The Kier molecular flexibility index (Phi) is 3.62. The molecule has 15 heavy (non-hydrogen) atoms. The van der Waals surface area contributed by atoms with Crippen molar-refractivity contribution in [1.29, 1.82) is 0 Å². The van der Waals surface area contributed by atoms with Crippen LogP contribution >= 0.6 is 0 Å². The lowest BCUT2D eigenvalue weighted by Gasteiger charge is -2.40. The van der Waals surface area contributed by atoms with Crippen molar-refractivity contribution in [2.75, 3.05) is 19.7 Å². The standard InChI is InChI=1S/C12H21NO2/c1-2-15-12(14)11-8-13-7-9-5-3-4-6-10(9)11/h9-11,13H,2-8H2,1H3/t9-,10+,11+/m0/s1. The maximum atomic E-state index is 11.8. The van der Waals surface area contributed by atoms with Crippen LogP contribution in [0.5, 0.6) is 0 Å². The van der Waals surface area contributed by atoms with Crippen LogP contribution in [-0.2, 0) is 9.53 Å². The summed E-state index contributed by atoms with van der Waals surface area (Å²) in [5, 5.41) is 3.37. The first-order chi connectivity index (χ1) is 7.33. The van der Waals surface area contributed by atoms with Crippen molar-refractivity contribution in [1.82, 2.24) is 5.32 Å². The van der Waals surface area contributed by atoms with Gasteiger partial charge in [0.05, 0.1) is 12.5 Å². The van der Waals surface area contributed by atoms with E-state index in [-0.39, 0.29) is 11.9 Å². The predicted octanol–water partition coefficient (Wildman–Crippen LogP) is 1.58. The van der Waals surface area contributed by atoms with E-state index in [1.807, 2.05) is 6.92 Å². The van der Waals surface area contributed by atoms with Gasteiger partial charge in [0.2, 0.25) is 0 Å². The van der Waals surface area contributed by atoms with E-state index in [1.54, 1.807) is 0 Å². The summed E-state index contributed by atoms with van der Waals surface area (Å²) in [6, 6.07) is 0. The van der Waals surface area contributed by atoms with Gasteiger partial charge in [-0.15, -0.1) is 0 Å². The van der Waals surface area contributed by atoms with Gasteiger partial charge in [-0.3, -0.25) is 4.79 Å². The van der Waals surface area contributed by atoms with Crippen molar-refractivity contribution >= 4 is 5.97 Å². The highest BCUT2D eigenvalue weighted by molar-refractivity contribution is 5.73. The lowest BCUT2D eigenvalue weighted by Crippen LogP contribution is -2.48. The Balaban J connectivity index is 2.00. The summed E-state index contributed by atoms with van der Waals surface area (Å²) in [7, 11) is 0. The normalized spacial score (nSPS) is 35.7. The molecule has 1 aliphatic carbocycles. The smallest absolute Gasteiger partial charge is 0.310 e. The molecule has 0 bridgehead atoms. The van der Waals surface area contributed by atoms with Crippen molar-refractivity contribution in [2.24, 2.45) is 17.8 Å². The first kappa shape index (κ1) is 10.9. The van der Waals surface area contributed by atoms with E-state index in [4.69, 9.17) is 4.74 Å². The van der Waals surface area contributed by atoms with Crippen molar-refractivity contribution < 1.29 is 9.53 Å². The molecule has 2 fully saturated rings. The molecular weight excluding hydrogens is 190 g/mol. The molecule has 1 aliphatic heterocycles. The molecular formula is C12H21NO2. The molecule has 3 heteroatoms. The van der Waals surface area contributed by atoms with Crippen molar-refractivity contribution in [3.05, 3.63) is 0 Å². The molecule has 0 spiro atoms. The van der Waals surface area contributed by atoms with Gasteiger partial charge in [-0.05, 0) is 38.1 Å². The number of esters is 1. The van der Waals surface area contributed by atoms with Crippen LogP contribution in [0.1, 0.15) is 32.6 Å². The van der Waals surface area contributed by atoms with Gasteiger partial charge in [-0.1, -0.05) is 12.8 Å². The fourth-order valence-electron chi connectivity index (χ4n) is 3.10. The lowest BCUT2D eigenvalue weighted by atomic mass is 9.70. The van der Waals surface area contributed by atoms with E-state index in [9.17, 15) is 4.79 Å². The topological polar surface area (TPSA) is 38.3 Å². The molecule has 86 valence electrons. The maximum absolute atomic E-state index is 11.8. The highest BCUT2D eigenvalue weighted by atomic mass is 16.5.